The van der Waals surface area contributed by atoms with Crippen LogP contribution in [0.3, 0.4) is 0 Å². The van der Waals surface area contributed by atoms with Crippen LogP contribution < -0.4 is 0 Å². The van der Waals surface area contributed by atoms with Crippen molar-refractivity contribution in [2.24, 2.45) is 5.92 Å². The normalized spacial score (nSPS) is 22.1. The van der Waals surface area contributed by atoms with Gasteiger partial charge in [0.15, 0.2) is 0 Å². The second kappa shape index (κ2) is 6.76. The fourth-order valence-electron chi connectivity index (χ4n) is 3.04. The van der Waals surface area contributed by atoms with Crippen LogP contribution in [0.5, 0.6) is 0 Å². The van der Waals surface area contributed by atoms with Crippen molar-refractivity contribution in [1.29, 1.82) is 0 Å². The largest absolute Gasteiger partial charge is 0.391 e. The molecule has 2 atom stereocenters. The van der Waals surface area contributed by atoms with Gasteiger partial charge in [0.25, 0.3) is 0 Å². The number of aliphatic hydroxyl groups excluding tert-OH is 1. The molecule has 1 saturated heterocycles. The molecule has 124 valence electrons. The summed E-state index contributed by atoms with van der Waals surface area (Å²) in [5, 5.41) is 14.2. The van der Waals surface area contributed by atoms with Gasteiger partial charge < -0.3 is 9.63 Å². The van der Waals surface area contributed by atoms with E-state index in [2.05, 4.69) is 33.9 Å². The van der Waals surface area contributed by atoms with Gasteiger partial charge in [-0.05, 0) is 6.92 Å². The first kappa shape index (κ1) is 16.1. The number of rotatable bonds is 5. The molecule has 1 N–H and O–H groups in total. The average molecular weight is 316 g/mol. The number of hydrogen-bond donors (Lipinski definition) is 1. The highest BCUT2D eigenvalue weighted by Crippen LogP contribution is 2.23. The first-order chi connectivity index (χ1) is 11.0. The molecule has 0 amide bonds. The molecule has 1 aliphatic rings. The zero-order chi connectivity index (χ0) is 16.4. The maximum absolute atomic E-state index is 10.3. The Morgan fingerprint density at radius 3 is 2.65 bits per heavy atom. The number of aliphatic hydroxyl groups is 1. The third-order valence-corrected chi connectivity index (χ3v) is 4.27. The topological polar surface area (TPSA) is 75.3 Å². The summed E-state index contributed by atoms with van der Waals surface area (Å²) >= 11 is 0. The number of likely N-dealkylation sites (tertiary alicyclic amines) is 1. The first-order valence-electron chi connectivity index (χ1n) is 8.14. The van der Waals surface area contributed by atoms with E-state index >= 15 is 0 Å². The Labute approximate surface area is 136 Å². The summed E-state index contributed by atoms with van der Waals surface area (Å²) in [5.74, 6) is 2.23. The lowest BCUT2D eigenvalue weighted by atomic mass is 10.0. The molecule has 3 heterocycles. The van der Waals surface area contributed by atoms with Crippen molar-refractivity contribution in [1.82, 2.24) is 20.0 Å². The van der Waals surface area contributed by atoms with E-state index in [4.69, 9.17) is 4.52 Å². The van der Waals surface area contributed by atoms with Gasteiger partial charge in [-0.2, -0.15) is 0 Å². The van der Waals surface area contributed by atoms with E-state index < -0.39 is 0 Å². The van der Waals surface area contributed by atoms with Gasteiger partial charge in [0.1, 0.15) is 11.6 Å². The highest BCUT2D eigenvalue weighted by Gasteiger charge is 2.32. The molecular formula is C17H24N4O2. The van der Waals surface area contributed by atoms with Crippen LogP contribution in [0.25, 0.3) is 0 Å². The van der Waals surface area contributed by atoms with Gasteiger partial charge in [-0.25, -0.2) is 9.97 Å². The molecule has 0 unspecified atom stereocenters. The summed E-state index contributed by atoms with van der Waals surface area (Å²) in [7, 11) is 0. The monoisotopic (exact) mass is 316 g/mol. The molecule has 0 aromatic carbocycles. The second-order valence-electron chi connectivity index (χ2n) is 6.76. The quantitative estimate of drug-likeness (QED) is 0.908. The van der Waals surface area contributed by atoms with Crippen molar-refractivity contribution in [3.05, 3.63) is 41.3 Å². The van der Waals surface area contributed by atoms with Crippen LogP contribution >= 0.6 is 0 Å². The van der Waals surface area contributed by atoms with Crippen molar-refractivity contribution in [2.45, 2.75) is 45.8 Å². The molecule has 1 aliphatic heterocycles. The zero-order valence-corrected chi connectivity index (χ0v) is 13.9. The average Bonchev–Trinajstić information content (AvgIpc) is 3.06. The second-order valence-corrected chi connectivity index (χ2v) is 6.76. The molecule has 2 aromatic heterocycles. The van der Waals surface area contributed by atoms with E-state index in [0.717, 1.165) is 42.4 Å². The molecule has 23 heavy (non-hydrogen) atoms. The summed E-state index contributed by atoms with van der Waals surface area (Å²) in [5.41, 5.74) is 1.96. The lowest BCUT2D eigenvalue weighted by molar-refractivity contribution is 0.137. The third-order valence-electron chi connectivity index (χ3n) is 4.27. The lowest BCUT2D eigenvalue weighted by Gasteiger charge is -2.15. The summed E-state index contributed by atoms with van der Waals surface area (Å²) in [6.45, 7) is 8.35. The molecule has 0 spiro atoms. The van der Waals surface area contributed by atoms with Crippen LogP contribution in [0, 0.1) is 12.8 Å². The number of hydrogen-bond acceptors (Lipinski definition) is 6. The molecule has 1 fully saturated rings. The van der Waals surface area contributed by atoms with Crippen molar-refractivity contribution >= 4 is 0 Å². The molecular weight excluding hydrogens is 292 g/mol. The van der Waals surface area contributed by atoms with Gasteiger partial charge in [0.05, 0.1) is 11.8 Å². The van der Waals surface area contributed by atoms with Crippen LogP contribution in [-0.4, -0.2) is 44.3 Å². The van der Waals surface area contributed by atoms with Crippen molar-refractivity contribution in [2.75, 3.05) is 13.1 Å². The molecule has 0 saturated carbocycles. The summed E-state index contributed by atoms with van der Waals surface area (Å²) in [4.78, 5) is 11.1. The minimum absolute atomic E-state index is 0.179. The Hall–Kier alpha value is -1.79. The minimum Gasteiger partial charge on any atom is -0.391 e. The van der Waals surface area contributed by atoms with E-state index in [1.807, 2.05) is 25.4 Å². The highest BCUT2D eigenvalue weighted by atomic mass is 16.5. The number of aryl methyl sites for hydroxylation is 1. The predicted molar refractivity (Wildman–Crippen MR) is 85.8 cm³/mol. The number of aromatic nitrogens is 3. The fourth-order valence-corrected chi connectivity index (χ4v) is 3.04. The Morgan fingerprint density at radius 1 is 1.30 bits per heavy atom. The molecule has 0 radical (unpaired) electrons. The molecule has 2 aromatic rings. The van der Waals surface area contributed by atoms with Crippen LogP contribution in [0.1, 0.15) is 42.6 Å². The van der Waals surface area contributed by atoms with Crippen LogP contribution in [0.2, 0.25) is 0 Å². The highest BCUT2D eigenvalue weighted by molar-refractivity contribution is 5.09. The predicted octanol–water partition coefficient (Wildman–Crippen LogP) is 1.93. The van der Waals surface area contributed by atoms with Gasteiger partial charge in [0, 0.05) is 61.9 Å². The SMILES string of the molecule is Cc1cc(C[C@@H]2CN(Cc3cnc(C(C)C)nc3)C[C@@H]2O)on1. The Bertz CT molecular complexity index is 638. The van der Waals surface area contributed by atoms with Crippen molar-refractivity contribution in [3.63, 3.8) is 0 Å². The molecule has 6 heteroatoms. The van der Waals surface area contributed by atoms with Crippen LogP contribution in [0.4, 0.5) is 0 Å². The van der Waals surface area contributed by atoms with Gasteiger partial charge in [0.2, 0.25) is 0 Å². The standard InChI is InChI=1S/C17H24N4O2/c1-11(2)17-18-6-13(7-19-17)8-21-9-14(16(22)10-21)5-15-4-12(3)20-23-15/h4,6-7,11,14,16,22H,5,8-10H2,1-3H3/t14-,16+/m1/s1. The zero-order valence-electron chi connectivity index (χ0n) is 13.9. The van der Waals surface area contributed by atoms with Gasteiger partial charge in [-0.15, -0.1) is 0 Å². The molecule has 6 nitrogen and oxygen atoms in total. The fraction of sp³-hybridized carbons (Fsp3) is 0.588. The molecule has 3 rings (SSSR count). The van der Waals surface area contributed by atoms with Crippen LogP contribution in [0.15, 0.2) is 23.0 Å². The summed E-state index contributed by atoms with van der Waals surface area (Å²) < 4.78 is 5.26. The van der Waals surface area contributed by atoms with Crippen molar-refractivity contribution < 1.29 is 9.63 Å². The molecule has 0 aliphatic carbocycles. The lowest BCUT2D eigenvalue weighted by Crippen LogP contribution is -2.21. The first-order valence-corrected chi connectivity index (χ1v) is 8.14. The van der Waals surface area contributed by atoms with Crippen LogP contribution in [-0.2, 0) is 13.0 Å². The van der Waals surface area contributed by atoms with Gasteiger partial charge in [-0.1, -0.05) is 19.0 Å². The smallest absolute Gasteiger partial charge is 0.137 e. The third kappa shape index (κ3) is 3.95. The Balaban J connectivity index is 1.57. The number of nitrogens with zero attached hydrogens (tertiary/aromatic N) is 4. The Kier molecular flexibility index (Phi) is 4.73. The van der Waals surface area contributed by atoms with E-state index in [1.165, 1.54) is 0 Å². The Morgan fingerprint density at radius 2 is 2.04 bits per heavy atom. The maximum atomic E-state index is 10.3. The van der Waals surface area contributed by atoms with Crippen molar-refractivity contribution in [3.8, 4) is 0 Å². The summed E-state index contributed by atoms with van der Waals surface area (Å²) in [6.07, 6.45) is 4.17. The van der Waals surface area contributed by atoms with E-state index in [9.17, 15) is 5.11 Å². The summed E-state index contributed by atoms with van der Waals surface area (Å²) in [6, 6.07) is 1.94. The minimum atomic E-state index is -0.337. The van der Waals surface area contributed by atoms with Gasteiger partial charge >= 0.3 is 0 Å². The van der Waals surface area contributed by atoms with E-state index in [1.54, 1.807) is 0 Å². The van der Waals surface area contributed by atoms with E-state index in [-0.39, 0.29) is 12.0 Å². The van der Waals surface area contributed by atoms with Gasteiger partial charge in [-0.3, -0.25) is 4.90 Å². The number of β-amino-alcohol motifs (C(OH)–C–C–N with tert-alkyl or cyclic N) is 1. The molecule has 0 bridgehead atoms. The van der Waals surface area contributed by atoms with E-state index in [0.29, 0.717) is 12.5 Å². The maximum Gasteiger partial charge on any atom is 0.137 e.